The van der Waals surface area contributed by atoms with Crippen LogP contribution < -0.4 is 0 Å². The number of hydrogen-bond donors (Lipinski definition) is 1. The molecule has 0 radical (unpaired) electrons. The van der Waals surface area contributed by atoms with Crippen molar-refractivity contribution < 1.29 is 27.1 Å². The van der Waals surface area contributed by atoms with Gasteiger partial charge >= 0.3 is 6.18 Å². The Morgan fingerprint density at radius 3 is 1.88 bits per heavy atom. The van der Waals surface area contributed by atoms with Crippen molar-refractivity contribution in [3.63, 3.8) is 0 Å². The van der Waals surface area contributed by atoms with Crippen LogP contribution in [0, 0.1) is 0 Å². The van der Waals surface area contributed by atoms with Gasteiger partial charge in [-0.15, -0.1) is 0 Å². The molecule has 0 aromatic heterocycles. The predicted molar refractivity (Wildman–Crippen MR) is 51.5 cm³/mol. The van der Waals surface area contributed by atoms with E-state index in [0.717, 1.165) is 12.1 Å². The van der Waals surface area contributed by atoms with Gasteiger partial charge in [0.1, 0.15) is 6.10 Å². The summed E-state index contributed by atoms with van der Waals surface area (Å²) in [5, 5.41) is 9.24. The van der Waals surface area contributed by atoms with Crippen LogP contribution in [0.15, 0.2) is 36.9 Å². The highest BCUT2D eigenvalue weighted by molar-refractivity contribution is 5.27. The normalized spacial score (nSPS) is 14.5. The van der Waals surface area contributed by atoms with E-state index in [0.29, 0.717) is 12.1 Å². The highest BCUT2D eigenvalue weighted by Crippen LogP contribution is 2.34. The number of benzene rings is 1. The molecule has 1 N–H and O–H groups in total. The number of aliphatic hydroxyl groups is 1. The first-order valence-electron chi connectivity index (χ1n) is 4.55. The minimum atomic E-state index is -4.54. The summed E-state index contributed by atoms with van der Waals surface area (Å²) in [6, 6.07) is 2.89. The summed E-state index contributed by atoms with van der Waals surface area (Å²) in [5.74, 6) is -3.58. The van der Waals surface area contributed by atoms with Crippen molar-refractivity contribution in [2.75, 3.05) is 0 Å². The van der Waals surface area contributed by atoms with Gasteiger partial charge in [-0.1, -0.05) is 18.7 Å². The zero-order chi connectivity index (χ0) is 13.3. The molecule has 0 saturated heterocycles. The van der Waals surface area contributed by atoms with Gasteiger partial charge in [-0.2, -0.15) is 22.0 Å². The molecule has 0 spiro atoms. The Kier molecular flexibility index (Phi) is 3.56. The van der Waals surface area contributed by atoms with Crippen LogP contribution in [0.3, 0.4) is 0 Å². The maximum atomic E-state index is 13.0. The summed E-state index contributed by atoms with van der Waals surface area (Å²) in [6.45, 7) is 2.85. The Balaban J connectivity index is 3.00. The van der Waals surface area contributed by atoms with Gasteiger partial charge < -0.3 is 5.11 Å². The number of alkyl halides is 5. The van der Waals surface area contributed by atoms with Crippen LogP contribution in [0.1, 0.15) is 17.2 Å². The topological polar surface area (TPSA) is 20.2 Å². The zero-order valence-corrected chi connectivity index (χ0v) is 8.51. The highest BCUT2D eigenvalue weighted by Gasteiger charge is 2.36. The van der Waals surface area contributed by atoms with E-state index >= 15 is 0 Å². The van der Waals surface area contributed by atoms with Crippen LogP contribution in [0.4, 0.5) is 22.0 Å². The van der Waals surface area contributed by atoms with Gasteiger partial charge in [0.25, 0.3) is 5.92 Å². The van der Waals surface area contributed by atoms with E-state index in [9.17, 15) is 27.1 Å². The minimum Gasteiger partial charge on any atom is -0.382 e. The van der Waals surface area contributed by atoms with E-state index in [4.69, 9.17) is 0 Å². The molecule has 1 rings (SSSR count). The van der Waals surface area contributed by atoms with Gasteiger partial charge in [-0.3, -0.25) is 0 Å². The number of hydrogen-bond acceptors (Lipinski definition) is 1. The molecule has 0 bridgehead atoms. The molecule has 0 fully saturated rings. The molecular weight excluding hydrogens is 243 g/mol. The first kappa shape index (κ1) is 13.6. The first-order chi connectivity index (χ1) is 7.68. The molecule has 0 aliphatic carbocycles. The summed E-state index contributed by atoms with van der Waals surface area (Å²) in [4.78, 5) is 0. The fourth-order valence-corrected chi connectivity index (χ4v) is 1.19. The average molecular weight is 252 g/mol. The second-order valence-electron chi connectivity index (χ2n) is 3.40. The third-order valence-electron chi connectivity index (χ3n) is 2.19. The monoisotopic (exact) mass is 252 g/mol. The van der Waals surface area contributed by atoms with E-state index in [1.165, 1.54) is 0 Å². The second kappa shape index (κ2) is 4.44. The maximum Gasteiger partial charge on any atom is 0.416 e. The lowest BCUT2D eigenvalue weighted by Crippen LogP contribution is -2.23. The number of halogens is 5. The van der Waals surface area contributed by atoms with Gasteiger partial charge in [0.2, 0.25) is 0 Å². The van der Waals surface area contributed by atoms with Gasteiger partial charge in [0.05, 0.1) is 5.56 Å². The summed E-state index contributed by atoms with van der Waals surface area (Å²) < 4.78 is 62.5. The van der Waals surface area contributed by atoms with E-state index in [1.54, 1.807) is 0 Å². The Morgan fingerprint density at radius 2 is 1.53 bits per heavy atom. The average Bonchev–Trinajstić information content (AvgIpc) is 2.27. The van der Waals surface area contributed by atoms with Crippen molar-refractivity contribution in [2.24, 2.45) is 0 Å². The fraction of sp³-hybridized carbons (Fsp3) is 0.273. The molecule has 1 aromatic rings. The van der Waals surface area contributed by atoms with Crippen molar-refractivity contribution in [1.29, 1.82) is 0 Å². The molecule has 0 saturated carbocycles. The summed E-state index contributed by atoms with van der Waals surface area (Å²) in [7, 11) is 0. The molecule has 1 aromatic carbocycles. The molecular formula is C11H9F5O. The lowest BCUT2D eigenvalue weighted by molar-refractivity contribution is -0.137. The Labute approximate surface area is 94.2 Å². The lowest BCUT2D eigenvalue weighted by Gasteiger charge is -2.19. The first-order valence-corrected chi connectivity index (χ1v) is 4.55. The van der Waals surface area contributed by atoms with Crippen molar-refractivity contribution >= 4 is 0 Å². The third kappa shape index (κ3) is 3.03. The number of aliphatic hydroxyl groups excluding tert-OH is 1. The van der Waals surface area contributed by atoms with E-state index in [1.807, 2.05) is 0 Å². The van der Waals surface area contributed by atoms with E-state index in [2.05, 4.69) is 6.58 Å². The molecule has 0 aliphatic heterocycles. The Bertz CT molecular complexity index is 393. The lowest BCUT2D eigenvalue weighted by atomic mass is 10.0. The summed E-state index contributed by atoms with van der Waals surface area (Å²) in [5.41, 5.74) is -1.27. The Morgan fingerprint density at radius 1 is 1.06 bits per heavy atom. The SMILES string of the molecule is C=CC(F)(F)C(O)c1ccc(C(F)(F)F)cc1. The second-order valence-corrected chi connectivity index (χ2v) is 3.40. The van der Waals surface area contributed by atoms with Crippen molar-refractivity contribution in [3.8, 4) is 0 Å². The number of rotatable bonds is 3. The van der Waals surface area contributed by atoms with Crippen LogP contribution in [0.2, 0.25) is 0 Å². The van der Waals surface area contributed by atoms with Crippen LogP contribution in [-0.4, -0.2) is 11.0 Å². The van der Waals surface area contributed by atoms with Gasteiger partial charge in [-0.05, 0) is 23.8 Å². The largest absolute Gasteiger partial charge is 0.416 e. The third-order valence-corrected chi connectivity index (χ3v) is 2.19. The molecule has 1 nitrogen and oxygen atoms in total. The molecule has 1 unspecified atom stereocenters. The quantitative estimate of drug-likeness (QED) is 0.644. The van der Waals surface area contributed by atoms with Crippen LogP contribution >= 0.6 is 0 Å². The fourth-order valence-electron chi connectivity index (χ4n) is 1.19. The summed E-state index contributed by atoms with van der Waals surface area (Å²) in [6.07, 6.45) is -6.50. The predicted octanol–water partition coefficient (Wildman–Crippen LogP) is 3.56. The maximum absolute atomic E-state index is 13.0. The zero-order valence-electron chi connectivity index (χ0n) is 8.51. The van der Waals surface area contributed by atoms with Crippen LogP contribution in [0.25, 0.3) is 0 Å². The molecule has 6 heteroatoms. The standard InChI is InChI=1S/C11H9F5O/c1-2-10(12,13)9(17)7-3-5-8(6-4-7)11(14,15)16/h2-6,9,17H,1H2. The van der Waals surface area contributed by atoms with Crippen molar-refractivity contribution in [3.05, 3.63) is 48.0 Å². The molecule has 0 amide bonds. The molecule has 94 valence electrons. The van der Waals surface area contributed by atoms with Gasteiger partial charge in [-0.25, -0.2) is 0 Å². The summed E-state index contributed by atoms with van der Waals surface area (Å²) >= 11 is 0. The van der Waals surface area contributed by atoms with Crippen LogP contribution in [-0.2, 0) is 6.18 Å². The van der Waals surface area contributed by atoms with Crippen molar-refractivity contribution in [1.82, 2.24) is 0 Å². The van der Waals surface area contributed by atoms with Crippen molar-refractivity contribution in [2.45, 2.75) is 18.2 Å². The molecule has 1 atom stereocenters. The molecule has 0 aliphatic rings. The van der Waals surface area contributed by atoms with Gasteiger partial charge in [0.15, 0.2) is 0 Å². The van der Waals surface area contributed by atoms with E-state index < -0.39 is 23.8 Å². The Hall–Kier alpha value is -1.43. The minimum absolute atomic E-state index is 0.245. The molecule has 0 heterocycles. The van der Waals surface area contributed by atoms with E-state index in [-0.39, 0.29) is 11.6 Å². The molecule has 17 heavy (non-hydrogen) atoms. The smallest absolute Gasteiger partial charge is 0.382 e. The van der Waals surface area contributed by atoms with Gasteiger partial charge in [0, 0.05) is 0 Å². The van der Waals surface area contributed by atoms with Crippen LogP contribution in [0.5, 0.6) is 0 Å². The highest BCUT2D eigenvalue weighted by atomic mass is 19.4.